The van der Waals surface area contributed by atoms with E-state index in [1.807, 2.05) is 0 Å². The topological polar surface area (TPSA) is 53.5 Å². The molecule has 0 aliphatic rings. The van der Waals surface area contributed by atoms with Gasteiger partial charge in [0.2, 0.25) is 5.91 Å². The largest absolute Gasteiger partial charge is 0.347 e. The molecule has 0 fully saturated rings. The average molecular weight is 304 g/mol. The predicted molar refractivity (Wildman–Crippen MR) is 74.5 cm³/mol. The molecular weight excluding hydrogens is 289 g/mol. The Morgan fingerprint density at radius 2 is 1.89 bits per heavy atom. The third-order valence-corrected chi connectivity index (χ3v) is 3.02. The van der Waals surface area contributed by atoms with Crippen LogP contribution >= 0.6 is 23.2 Å². The third kappa shape index (κ3) is 4.08. The van der Waals surface area contributed by atoms with Crippen LogP contribution < -0.4 is 0 Å². The fraction of sp³-hybridized carbons (Fsp3) is 0.417. The quantitative estimate of drug-likeness (QED) is 0.799. The molecule has 0 bridgehead atoms. The molecule has 7 heteroatoms. The molecule has 5 nitrogen and oxygen atoms in total. The van der Waals surface area contributed by atoms with Crippen LogP contribution in [0.15, 0.2) is 12.1 Å². The average Bonchev–Trinajstić information content (AvgIpc) is 2.37. The highest BCUT2D eigenvalue weighted by Crippen LogP contribution is 2.18. The smallest absolute Gasteiger partial charge is 0.274 e. The van der Waals surface area contributed by atoms with Crippen molar-refractivity contribution in [3.8, 4) is 0 Å². The molecule has 2 amide bonds. The lowest BCUT2D eigenvalue weighted by Crippen LogP contribution is -2.40. The summed E-state index contributed by atoms with van der Waals surface area (Å²) in [5.74, 6) is -0.585. The van der Waals surface area contributed by atoms with Crippen molar-refractivity contribution in [3.05, 3.63) is 28.0 Å². The Balaban J connectivity index is 2.95. The van der Waals surface area contributed by atoms with Gasteiger partial charge in [0.1, 0.15) is 17.4 Å². The summed E-state index contributed by atoms with van der Waals surface area (Å²) < 4.78 is 0. The lowest BCUT2D eigenvalue weighted by Gasteiger charge is -2.22. The summed E-state index contributed by atoms with van der Waals surface area (Å²) in [5.41, 5.74) is 0.0579. The second-order valence-corrected chi connectivity index (χ2v) is 4.87. The zero-order valence-electron chi connectivity index (χ0n) is 11.0. The standard InChI is InChI=1S/C12H15Cl2N3O2/c1-4-17(7-10(18)16(2)3)12(19)11-8(13)5-6-9(14)15-11/h5-6H,4,7H2,1-3H3. The van der Waals surface area contributed by atoms with Gasteiger partial charge in [-0.1, -0.05) is 23.2 Å². The van der Waals surface area contributed by atoms with Gasteiger partial charge in [-0.2, -0.15) is 0 Å². The number of pyridine rings is 1. The van der Waals surface area contributed by atoms with Gasteiger partial charge in [0.15, 0.2) is 0 Å². The molecule has 0 atom stereocenters. The lowest BCUT2D eigenvalue weighted by molar-refractivity contribution is -0.129. The van der Waals surface area contributed by atoms with E-state index >= 15 is 0 Å². The van der Waals surface area contributed by atoms with Crippen molar-refractivity contribution >= 4 is 35.0 Å². The minimum atomic E-state index is -0.412. The fourth-order valence-corrected chi connectivity index (χ4v) is 1.68. The Morgan fingerprint density at radius 1 is 1.26 bits per heavy atom. The summed E-state index contributed by atoms with van der Waals surface area (Å²) in [7, 11) is 3.26. The third-order valence-electron chi connectivity index (χ3n) is 2.51. The molecule has 0 spiro atoms. The van der Waals surface area contributed by atoms with Crippen LogP contribution in [0.3, 0.4) is 0 Å². The predicted octanol–water partition coefficient (Wildman–Crippen LogP) is 1.94. The first kappa shape index (κ1) is 15.7. The van der Waals surface area contributed by atoms with Gasteiger partial charge < -0.3 is 9.80 Å². The van der Waals surface area contributed by atoms with E-state index in [1.54, 1.807) is 21.0 Å². The number of likely N-dealkylation sites (N-methyl/N-ethyl adjacent to an activating group) is 2. The number of nitrogens with zero attached hydrogens (tertiary/aromatic N) is 3. The molecule has 1 aromatic heterocycles. The van der Waals surface area contributed by atoms with Gasteiger partial charge in [-0.3, -0.25) is 9.59 Å². The maximum atomic E-state index is 12.3. The Morgan fingerprint density at radius 3 is 2.42 bits per heavy atom. The highest BCUT2D eigenvalue weighted by molar-refractivity contribution is 6.34. The van der Waals surface area contributed by atoms with Gasteiger partial charge in [0.05, 0.1) is 5.02 Å². The monoisotopic (exact) mass is 303 g/mol. The van der Waals surface area contributed by atoms with Gasteiger partial charge in [0, 0.05) is 20.6 Å². The number of carbonyl (C=O) groups is 2. The second kappa shape index (κ2) is 6.73. The second-order valence-electron chi connectivity index (χ2n) is 4.07. The van der Waals surface area contributed by atoms with Crippen molar-refractivity contribution in [2.45, 2.75) is 6.92 Å². The van der Waals surface area contributed by atoms with E-state index in [0.717, 1.165) is 0 Å². The van der Waals surface area contributed by atoms with Crippen LogP contribution in [-0.4, -0.2) is 53.8 Å². The van der Waals surface area contributed by atoms with Crippen molar-refractivity contribution in [3.63, 3.8) is 0 Å². The number of carbonyl (C=O) groups excluding carboxylic acids is 2. The molecule has 0 N–H and O–H groups in total. The molecule has 19 heavy (non-hydrogen) atoms. The number of halogens is 2. The van der Waals surface area contributed by atoms with Crippen molar-refractivity contribution in [2.75, 3.05) is 27.2 Å². The lowest BCUT2D eigenvalue weighted by atomic mass is 10.3. The highest BCUT2D eigenvalue weighted by atomic mass is 35.5. The fourth-order valence-electron chi connectivity index (χ4n) is 1.35. The van der Waals surface area contributed by atoms with Crippen LogP contribution in [-0.2, 0) is 4.79 Å². The van der Waals surface area contributed by atoms with E-state index < -0.39 is 5.91 Å². The Kier molecular flexibility index (Phi) is 5.57. The van der Waals surface area contributed by atoms with Crippen LogP contribution in [0.4, 0.5) is 0 Å². The van der Waals surface area contributed by atoms with Gasteiger partial charge in [-0.15, -0.1) is 0 Å². The van der Waals surface area contributed by atoms with Crippen LogP contribution in [0.25, 0.3) is 0 Å². The number of hydrogen-bond donors (Lipinski definition) is 0. The molecule has 1 aromatic rings. The zero-order valence-corrected chi connectivity index (χ0v) is 12.5. The van der Waals surface area contributed by atoms with Crippen molar-refractivity contribution in [1.29, 1.82) is 0 Å². The first-order valence-electron chi connectivity index (χ1n) is 5.68. The number of aromatic nitrogens is 1. The van der Waals surface area contributed by atoms with Crippen LogP contribution in [0.1, 0.15) is 17.4 Å². The van der Waals surface area contributed by atoms with Crippen molar-refractivity contribution < 1.29 is 9.59 Å². The summed E-state index contributed by atoms with van der Waals surface area (Å²) in [5, 5.41) is 0.396. The molecule has 104 valence electrons. The van der Waals surface area contributed by atoms with Gasteiger partial charge >= 0.3 is 0 Å². The normalized spacial score (nSPS) is 10.2. The minimum Gasteiger partial charge on any atom is -0.347 e. The summed E-state index contributed by atoms with van der Waals surface area (Å²) >= 11 is 11.7. The molecule has 0 aliphatic heterocycles. The van der Waals surface area contributed by atoms with E-state index in [0.29, 0.717) is 6.54 Å². The molecule has 1 rings (SSSR count). The molecule has 1 heterocycles. The summed E-state index contributed by atoms with van der Waals surface area (Å²) in [6.07, 6.45) is 0. The summed E-state index contributed by atoms with van der Waals surface area (Å²) in [6, 6.07) is 3.01. The van der Waals surface area contributed by atoms with Gasteiger partial charge in [-0.05, 0) is 19.1 Å². The van der Waals surface area contributed by atoms with Gasteiger partial charge in [-0.25, -0.2) is 4.98 Å². The molecule has 0 saturated heterocycles. The molecule has 0 radical (unpaired) electrons. The number of amides is 2. The first-order chi connectivity index (χ1) is 8.86. The van der Waals surface area contributed by atoms with Crippen molar-refractivity contribution in [2.24, 2.45) is 0 Å². The van der Waals surface area contributed by atoms with Gasteiger partial charge in [0.25, 0.3) is 5.91 Å². The summed E-state index contributed by atoms with van der Waals surface area (Å²) in [6.45, 7) is 2.13. The van der Waals surface area contributed by atoms with Crippen molar-refractivity contribution in [1.82, 2.24) is 14.8 Å². The first-order valence-corrected chi connectivity index (χ1v) is 6.43. The Hall–Kier alpha value is -1.33. The molecule has 0 unspecified atom stereocenters. The number of hydrogen-bond acceptors (Lipinski definition) is 3. The number of rotatable bonds is 4. The molecule has 0 saturated carbocycles. The Bertz CT molecular complexity index is 492. The van der Waals surface area contributed by atoms with E-state index in [1.165, 1.54) is 21.9 Å². The van der Waals surface area contributed by atoms with E-state index in [4.69, 9.17) is 23.2 Å². The molecule has 0 aliphatic carbocycles. The zero-order chi connectivity index (χ0) is 14.6. The van der Waals surface area contributed by atoms with E-state index in [-0.39, 0.29) is 28.3 Å². The van der Waals surface area contributed by atoms with E-state index in [9.17, 15) is 9.59 Å². The minimum absolute atomic E-state index is 0.0210. The van der Waals surface area contributed by atoms with E-state index in [2.05, 4.69) is 4.98 Å². The Labute approximate surface area is 122 Å². The maximum absolute atomic E-state index is 12.3. The van der Waals surface area contributed by atoms with Crippen LogP contribution in [0.2, 0.25) is 10.2 Å². The molecule has 0 aromatic carbocycles. The maximum Gasteiger partial charge on any atom is 0.274 e. The summed E-state index contributed by atoms with van der Waals surface area (Å²) in [4.78, 5) is 30.6. The highest BCUT2D eigenvalue weighted by Gasteiger charge is 2.21. The molecular formula is C12H15Cl2N3O2. The van der Waals surface area contributed by atoms with Crippen LogP contribution in [0.5, 0.6) is 0 Å². The SMILES string of the molecule is CCN(CC(=O)N(C)C)C(=O)c1nc(Cl)ccc1Cl. The van der Waals surface area contributed by atoms with Crippen LogP contribution in [0, 0.1) is 0 Å².